The van der Waals surface area contributed by atoms with Crippen molar-refractivity contribution in [1.29, 1.82) is 0 Å². The fourth-order valence-electron chi connectivity index (χ4n) is 3.88. The molecule has 0 aromatic heterocycles. The van der Waals surface area contributed by atoms with E-state index in [0.29, 0.717) is 23.3 Å². The van der Waals surface area contributed by atoms with Crippen molar-refractivity contribution < 1.29 is 14.0 Å². The van der Waals surface area contributed by atoms with E-state index in [1.807, 2.05) is 54.6 Å². The lowest BCUT2D eigenvalue weighted by molar-refractivity contribution is -0.126. The molecule has 1 unspecified atom stereocenters. The van der Waals surface area contributed by atoms with Gasteiger partial charge < -0.3 is 5.32 Å². The number of amides is 2. The zero-order valence-corrected chi connectivity index (χ0v) is 19.0. The van der Waals surface area contributed by atoms with Gasteiger partial charge in [0.05, 0.1) is 12.1 Å². The van der Waals surface area contributed by atoms with Gasteiger partial charge in [-0.2, -0.15) is 4.99 Å². The molecule has 2 aliphatic heterocycles. The average Bonchev–Trinajstić information content (AvgIpc) is 3.19. The molecule has 6 nitrogen and oxygen atoms in total. The quantitative estimate of drug-likeness (QED) is 0.576. The van der Waals surface area contributed by atoms with Gasteiger partial charge in [0, 0.05) is 17.9 Å². The minimum absolute atomic E-state index is 0.0308. The van der Waals surface area contributed by atoms with E-state index in [9.17, 15) is 14.0 Å². The number of rotatable bonds is 6. The number of carbonyl (C=O) groups excluding carboxylic acids is 2. The van der Waals surface area contributed by atoms with Gasteiger partial charge in [-0.1, -0.05) is 66.4 Å². The van der Waals surface area contributed by atoms with Crippen LogP contribution in [0.25, 0.3) is 0 Å². The highest BCUT2D eigenvalue weighted by Crippen LogP contribution is 2.35. The van der Waals surface area contributed by atoms with Gasteiger partial charge in [0.2, 0.25) is 5.91 Å². The number of fused-ring (bicyclic) bond motifs is 3. The lowest BCUT2D eigenvalue weighted by Gasteiger charge is -2.30. The summed E-state index contributed by atoms with van der Waals surface area (Å²) >= 11 is 1.43. The molecule has 0 saturated heterocycles. The molecule has 0 spiro atoms. The number of amidine groups is 2. The number of hydrogen-bond donors (Lipinski definition) is 1. The third-order valence-corrected chi connectivity index (χ3v) is 6.62. The fourth-order valence-corrected chi connectivity index (χ4v) is 4.88. The summed E-state index contributed by atoms with van der Waals surface area (Å²) in [6.45, 7) is 0.386. The summed E-state index contributed by atoms with van der Waals surface area (Å²) in [6.07, 6.45) is -0.0308. The van der Waals surface area contributed by atoms with Crippen LogP contribution in [0.3, 0.4) is 0 Å². The van der Waals surface area contributed by atoms with Crippen LogP contribution in [0.1, 0.15) is 23.1 Å². The van der Waals surface area contributed by atoms with Crippen LogP contribution in [0.2, 0.25) is 0 Å². The Bertz CT molecular complexity index is 1290. The minimum atomic E-state index is -0.765. The first-order valence-electron chi connectivity index (χ1n) is 10.9. The van der Waals surface area contributed by atoms with E-state index in [0.717, 1.165) is 22.4 Å². The number of thioether (sulfide) groups is 1. The molecule has 0 saturated carbocycles. The Morgan fingerprint density at radius 3 is 2.47 bits per heavy atom. The molecule has 0 bridgehead atoms. The SMILES string of the molecule is O=C(CC1C(=O)N=C2c3ccccc3N=C(SCc3ccc(F)cc3)N21)NCc1ccccc1. The van der Waals surface area contributed by atoms with E-state index in [1.165, 1.54) is 23.9 Å². The molecule has 0 fully saturated rings. The molecule has 170 valence electrons. The van der Waals surface area contributed by atoms with Crippen molar-refractivity contribution in [3.63, 3.8) is 0 Å². The Morgan fingerprint density at radius 1 is 0.941 bits per heavy atom. The van der Waals surface area contributed by atoms with Crippen LogP contribution in [-0.2, 0) is 21.9 Å². The van der Waals surface area contributed by atoms with Crippen LogP contribution in [0.5, 0.6) is 0 Å². The van der Waals surface area contributed by atoms with Crippen LogP contribution >= 0.6 is 11.8 Å². The first kappa shape index (κ1) is 22.0. The first-order chi connectivity index (χ1) is 16.6. The van der Waals surface area contributed by atoms with E-state index < -0.39 is 6.04 Å². The van der Waals surface area contributed by atoms with Gasteiger partial charge in [-0.25, -0.2) is 9.38 Å². The Balaban J connectivity index is 1.36. The second-order valence-corrected chi connectivity index (χ2v) is 8.90. The van der Waals surface area contributed by atoms with Crippen LogP contribution in [0.15, 0.2) is 88.8 Å². The standard InChI is InChI=1S/C26H21FN4O2S/c27-19-12-10-18(11-13-19)16-34-26-29-21-9-5-4-8-20(21)24-30-25(33)22(31(24)26)14-23(32)28-15-17-6-2-1-3-7-17/h1-13,22H,14-16H2,(H,28,32). The van der Waals surface area contributed by atoms with Crippen LogP contribution in [0.4, 0.5) is 10.1 Å². The second kappa shape index (κ2) is 9.61. The van der Waals surface area contributed by atoms with E-state index >= 15 is 0 Å². The molecule has 3 aromatic rings. The van der Waals surface area contributed by atoms with Crippen molar-refractivity contribution in [3.8, 4) is 0 Å². The molecule has 2 amide bonds. The van der Waals surface area contributed by atoms with E-state index in [1.54, 1.807) is 17.0 Å². The molecule has 2 aliphatic rings. The van der Waals surface area contributed by atoms with Gasteiger partial charge in [0.1, 0.15) is 17.7 Å². The van der Waals surface area contributed by atoms with Gasteiger partial charge in [-0.05, 0) is 35.4 Å². The Morgan fingerprint density at radius 2 is 1.68 bits per heavy atom. The van der Waals surface area contributed by atoms with Crippen molar-refractivity contribution >= 4 is 40.3 Å². The number of para-hydroxylation sites is 1. The van der Waals surface area contributed by atoms with Crippen molar-refractivity contribution in [1.82, 2.24) is 10.2 Å². The van der Waals surface area contributed by atoms with Crippen LogP contribution < -0.4 is 5.32 Å². The van der Waals surface area contributed by atoms with Gasteiger partial charge >= 0.3 is 0 Å². The predicted octanol–water partition coefficient (Wildman–Crippen LogP) is 4.42. The van der Waals surface area contributed by atoms with Crippen LogP contribution in [0, 0.1) is 5.82 Å². The van der Waals surface area contributed by atoms with E-state index in [4.69, 9.17) is 4.99 Å². The van der Waals surface area contributed by atoms with E-state index in [-0.39, 0.29) is 24.1 Å². The lowest BCUT2D eigenvalue weighted by atomic mass is 10.1. The highest BCUT2D eigenvalue weighted by Gasteiger charge is 2.42. The maximum atomic E-state index is 13.3. The van der Waals surface area contributed by atoms with E-state index in [2.05, 4.69) is 10.3 Å². The maximum Gasteiger partial charge on any atom is 0.271 e. The first-order valence-corrected chi connectivity index (χ1v) is 11.8. The van der Waals surface area contributed by atoms with Crippen molar-refractivity contribution in [2.24, 2.45) is 9.98 Å². The molecule has 8 heteroatoms. The molecule has 0 radical (unpaired) electrons. The van der Waals surface area contributed by atoms with Crippen molar-refractivity contribution in [2.45, 2.75) is 24.8 Å². The van der Waals surface area contributed by atoms with Gasteiger partial charge in [-0.3, -0.25) is 14.5 Å². The normalized spacial score (nSPS) is 16.4. The van der Waals surface area contributed by atoms with Gasteiger partial charge in [-0.15, -0.1) is 0 Å². The number of nitrogens with one attached hydrogen (secondary N) is 1. The number of hydrogen-bond acceptors (Lipinski definition) is 5. The highest BCUT2D eigenvalue weighted by molar-refractivity contribution is 8.13. The summed E-state index contributed by atoms with van der Waals surface area (Å²) < 4.78 is 13.3. The molecule has 1 atom stereocenters. The third-order valence-electron chi connectivity index (χ3n) is 5.60. The maximum absolute atomic E-state index is 13.3. The topological polar surface area (TPSA) is 74.1 Å². The minimum Gasteiger partial charge on any atom is -0.352 e. The summed E-state index contributed by atoms with van der Waals surface area (Å²) in [4.78, 5) is 36.5. The smallest absolute Gasteiger partial charge is 0.271 e. The van der Waals surface area contributed by atoms with Crippen molar-refractivity contribution in [3.05, 3.63) is 101 Å². The second-order valence-electron chi connectivity index (χ2n) is 7.95. The Kier molecular flexibility index (Phi) is 6.22. The molecule has 34 heavy (non-hydrogen) atoms. The number of aliphatic imine (C=N–C) groups is 2. The summed E-state index contributed by atoms with van der Waals surface area (Å²) in [6, 6.07) is 22.6. The molecule has 1 N–H and O–H groups in total. The summed E-state index contributed by atoms with van der Waals surface area (Å²) in [5, 5.41) is 3.48. The highest BCUT2D eigenvalue weighted by atomic mass is 32.2. The summed E-state index contributed by atoms with van der Waals surface area (Å²) in [5.74, 6) is 0.153. The number of nitrogens with zero attached hydrogens (tertiary/aromatic N) is 3. The zero-order chi connectivity index (χ0) is 23.5. The number of benzene rings is 3. The van der Waals surface area contributed by atoms with Gasteiger partial charge in [0.25, 0.3) is 5.91 Å². The number of halogens is 1. The Hall–Kier alpha value is -3.78. The zero-order valence-electron chi connectivity index (χ0n) is 18.1. The molecular weight excluding hydrogens is 451 g/mol. The molecule has 2 heterocycles. The average molecular weight is 473 g/mol. The monoisotopic (exact) mass is 472 g/mol. The molecule has 3 aromatic carbocycles. The Labute approximate surface area is 200 Å². The molecular formula is C26H21FN4O2S. The largest absolute Gasteiger partial charge is 0.352 e. The lowest BCUT2D eigenvalue weighted by Crippen LogP contribution is -2.45. The molecule has 0 aliphatic carbocycles. The third kappa shape index (κ3) is 4.63. The molecule has 5 rings (SSSR count). The number of carbonyl (C=O) groups is 2. The summed E-state index contributed by atoms with van der Waals surface area (Å²) in [7, 11) is 0. The van der Waals surface area contributed by atoms with Crippen LogP contribution in [-0.4, -0.2) is 33.8 Å². The predicted molar refractivity (Wildman–Crippen MR) is 131 cm³/mol. The fraction of sp³-hybridized carbons (Fsp3) is 0.154. The van der Waals surface area contributed by atoms with Gasteiger partial charge in [0.15, 0.2) is 5.17 Å². The van der Waals surface area contributed by atoms with Crippen molar-refractivity contribution in [2.75, 3.05) is 0 Å². The summed E-state index contributed by atoms with van der Waals surface area (Å²) in [5.41, 5.74) is 3.39.